The standard InChI is InChI=1S/C23H37N5O3/c1-18(2)17-22(30)28-15-13-27(14-16-28)21(29)7-5-4-6-12-25-23(24)26-19-8-10-20(31-3)11-9-19/h8-11,18H,4-7,12-17H2,1-3H3,(H3,24,25,26). The van der Waals surface area contributed by atoms with Crippen LogP contribution < -0.4 is 15.8 Å². The Hall–Kier alpha value is -2.77. The lowest BCUT2D eigenvalue weighted by atomic mass is 10.1. The van der Waals surface area contributed by atoms with Crippen LogP contribution in [0.1, 0.15) is 46.0 Å². The average Bonchev–Trinajstić information content (AvgIpc) is 2.76. The van der Waals surface area contributed by atoms with Crippen LogP contribution in [-0.4, -0.2) is 67.4 Å². The van der Waals surface area contributed by atoms with Crippen LogP contribution in [0, 0.1) is 5.92 Å². The number of aliphatic imine (C=N–C) groups is 1. The molecule has 1 aromatic carbocycles. The zero-order valence-corrected chi connectivity index (χ0v) is 19.1. The van der Waals surface area contributed by atoms with Crippen molar-refractivity contribution in [3.8, 4) is 5.75 Å². The van der Waals surface area contributed by atoms with Gasteiger partial charge in [-0.2, -0.15) is 0 Å². The highest BCUT2D eigenvalue weighted by Gasteiger charge is 2.23. The van der Waals surface area contributed by atoms with Crippen LogP contribution in [-0.2, 0) is 9.59 Å². The van der Waals surface area contributed by atoms with Crippen LogP contribution >= 0.6 is 0 Å². The molecule has 2 rings (SSSR count). The van der Waals surface area contributed by atoms with Gasteiger partial charge in [0.2, 0.25) is 11.8 Å². The van der Waals surface area contributed by atoms with Crippen LogP contribution in [0.3, 0.4) is 0 Å². The second kappa shape index (κ2) is 12.8. The van der Waals surface area contributed by atoms with Gasteiger partial charge < -0.3 is 25.6 Å². The first-order chi connectivity index (χ1) is 14.9. The molecule has 1 aliphatic heterocycles. The number of unbranched alkanes of at least 4 members (excludes halogenated alkanes) is 2. The lowest BCUT2D eigenvalue weighted by molar-refractivity contribution is -0.140. The van der Waals surface area contributed by atoms with Crippen molar-refractivity contribution in [3.05, 3.63) is 24.3 Å². The van der Waals surface area contributed by atoms with E-state index < -0.39 is 0 Å². The zero-order valence-electron chi connectivity index (χ0n) is 19.1. The third kappa shape index (κ3) is 8.86. The van der Waals surface area contributed by atoms with Gasteiger partial charge in [-0.15, -0.1) is 0 Å². The van der Waals surface area contributed by atoms with Crippen molar-refractivity contribution in [2.24, 2.45) is 16.6 Å². The van der Waals surface area contributed by atoms with Gasteiger partial charge in [0.15, 0.2) is 5.96 Å². The molecule has 0 saturated carbocycles. The Balaban J connectivity index is 1.57. The molecule has 172 valence electrons. The number of nitrogens with one attached hydrogen (secondary N) is 1. The molecule has 2 amide bonds. The summed E-state index contributed by atoms with van der Waals surface area (Å²) in [6, 6.07) is 7.48. The van der Waals surface area contributed by atoms with Gasteiger partial charge in [-0.05, 0) is 43.0 Å². The topological polar surface area (TPSA) is 100 Å². The van der Waals surface area contributed by atoms with Crippen LogP contribution in [0.15, 0.2) is 29.3 Å². The highest BCUT2D eigenvalue weighted by Crippen LogP contribution is 2.15. The van der Waals surface area contributed by atoms with Gasteiger partial charge in [0.25, 0.3) is 0 Å². The Morgan fingerprint density at radius 3 is 2.23 bits per heavy atom. The molecule has 0 bridgehead atoms. The zero-order chi connectivity index (χ0) is 22.6. The molecular weight excluding hydrogens is 394 g/mol. The summed E-state index contributed by atoms with van der Waals surface area (Å²) in [6.07, 6.45) is 3.78. The number of methoxy groups -OCH3 is 1. The Morgan fingerprint density at radius 1 is 1.03 bits per heavy atom. The van der Waals surface area contributed by atoms with Crippen molar-refractivity contribution in [2.75, 3.05) is 45.2 Å². The number of amides is 2. The van der Waals surface area contributed by atoms with Gasteiger partial charge in [-0.3, -0.25) is 14.6 Å². The number of rotatable bonds is 10. The monoisotopic (exact) mass is 431 g/mol. The largest absolute Gasteiger partial charge is 0.497 e. The number of hydrogen-bond donors (Lipinski definition) is 2. The summed E-state index contributed by atoms with van der Waals surface area (Å²) in [5.74, 6) is 1.91. The number of nitrogens with zero attached hydrogens (tertiary/aromatic N) is 3. The maximum atomic E-state index is 12.4. The van der Waals surface area contributed by atoms with Crippen molar-refractivity contribution in [1.29, 1.82) is 0 Å². The Bertz CT molecular complexity index is 725. The Labute approximate surface area is 185 Å². The van der Waals surface area contributed by atoms with Gasteiger partial charge in [-0.1, -0.05) is 20.3 Å². The predicted molar refractivity (Wildman–Crippen MR) is 124 cm³/mol. The lowest BCUT2D eigenvalue weighted by Crippen LogP contribution is -2.50. The van der Waals surface area contributed by atoms with Crippen molar-refractivity contribution < 1.29 is 14.3 Å². The van der Waals surface area contributed by atoms with E-state index in [4.69, 9.17) is 10.5 Å². The molecular formula is C23H37N5O3. The number of guanidine groups is 1. The molecule has 0 aromatic heterocycles. The maximum absolute atomic E-state index is 12.4. The van der Waals surface area contributed by atoms with Crippen LogP contribution in [0.4, 0.5) is 5.69 Å². The SMILES string of the molecule is COc1ccc(NC(N)=NCCCCCC(=O)N2CCN(C(=O)CC(C)C)CC2)cc1. The Kier molecular flexibility index (Phi) is 10.1. The fourth-order valence-corrected chi connectivity index (χ4v) is 3.47. The van der Waals surface area contributed by atoms with E-state index in [0.29, 0.717) is 57.4 Å². The molecule has 1 heterocycles. The van der Waals surface area contributed by atoms with Gasteiger partial charge in [0.1, 0.15) is 5.75 Å². The molecule has 31 heavy (non-hydrogen) atoms. The van der Waals surface area contributed by atoms with E-state index in [0.717, 1.165) is 30.7 Å². The van der Waals surface area contributed by atoms with Crippen LogP contribution in [0.2, 0.25) is 0 Å². The maximum Gasteiger partial charge on any atom is 0.222 e. The number of hydrogen-bond acceptors (Lipinski definition) is 4. The molecule has 0 unspecified atom stereocenters. The van der Waals surface area contributed by atoms with Crippen molar-refractivity contribution in [3.63, 3.8) is 0 Å². The minimum Gasteiger partial charge on any atom is -0.497 e. The van der Waals surface area contributed by atoms with Gasteiger partial charge >= 0.3 is 0 Å². The van der Waals surface area contributed by atoms with Crippen molar-refractivity contribution >= 4 is 23.5 Å². The third-order valence-electron chi connectivity index (χ3n) is 5.26. The number of piperazine rings is 1. The van der Waals surface area contributed by atoms with Gasteiger partial charge in [0, 0.05) is 51.3 Å². The second-order valence-electron chi connectivity index (χ2n) is 8.29. The number of carbonyl (C=O) groups is 2. The molecule has 0 spiro atoms. The molecule has 8 heteroatoms. The van der Waals surface area contributed by atoms with Gasteiger partial charge in [-0.25, -0.2) is 0 Å². The predicted octanol–water partition coefficient (Wildman–Crippen LogP) is 2.70. The molecule has 8 nitrogen and oxygen atoms in total. The molecule has 1 saturated heterocycles. The fourth-order valence-electron chi connectivity index (χ4n) is 3.47. The van der Waals surface area contributed by atoms with Crippen molar-refractivity contribution in [2.45, 2.75) is 46.0 Å². The van der Waals surface area contributed by atoms with Crippen molar-refractivity contribution in [1.82, 2.24) is 9.80 Å². The van der Waals surface area contributed by atoms with E-state index in [9.17, 15) is 9.59 Å². The highest BCUT2D eigenvalue weighted by atomic mass is 16.5. The number of anilines is 1. The highest BCUT2D eigenvalue weighted by molar-refractivity contribution is 5.92. The number of carbonyl (C=O) groups excluding carboxylic acids is 2. The van der Waals surface area contributed by atoms with E-state index >= 15 is 0 Å². The summed E-state index contributed by atoms with van der Waals surface area (Å²) in [5, 5.41) is 3.05. The summed E-state index contributed by atoms with van der Waals surface area (Å²) in [6.45, 7) is 7.29. The number of nitrogens with two attached hydrogens (primary N) is 1. The molecule has 0 atom stereocenters. The second-order valence-corrected chi connectivity index (χ2v) is 8.29. The average molecular weight is 432 g/mol. The summed E-state index contributed by atoms with van der Waals surface area (Å²) in [4.78, 5) is 32.6. The first-order valence-corrected chi connectivity index (χ1v) is 11.2. The summed E-state index contributed by atoms with van der Waals surface area (Å²) >= 11 is 0. The molecule has 3 N–H and O–H groups in total. The van der Waals surface area contributed by atoms with E-state index in [1.54, 1.807) is 7.11 Å². The first kappa shape index (κ1) is 24.5. The fraction of sp³-hybridized carbons (Fsp3) is 0.609. The first-order valence-electron chi connectivity index (χ1n) is 11.2. The quantitative estimate of drug-likeness (QED) is 0.337. The third-order valence-corrected chi connectivity index (χ3v) is 5.26. The number of benzene rings is 1. The molecule has 1 fully saturated rings. The van der Waals surface area contributed by atoms with E-state index in [1.807, 2.05) is 34.1 Å². The normalized spacial score (nSPS) is 14.6. The van der Waals surface area contributed by atoms with Gasteiger partial charge in [0.05, 0.1) is 7.11 Å². The smallest absolute Gasteiger partial charge is 0.222 e. The summed E-state index contributed by atoms with van der Waals surface area (Å²) < 4.78 is 5.13. The van der Waals surface area contributed by atoms with E-state index in [-0.39, 0.29) is 11.8 Å². The summed E-state index contributed by atoms with van der Waals surface area (Å²) in [5.41, 5.74) is 6.77. The molecule has 1 aliphatic rings. The molecule has 0 aliphatic carbocycles. The molecule has 0 radical (unpaired) electrons. The number of ether oxygens (including phenoxy) is 1. The van der Waals surface area contributed by atoms with E-state index in [2.05, 4.69) is 24.2 Å². The summed E-state index contributed by atoms with van der Waals surface area (Å²) in [7, 11) is 1.63. The Morgan fingerprint density at radius 2 is 1.65 bits per heavy atom. The lowest BCUT2D eigenvalue weighted by Gasteiger charge is -2.35. The minimum atomic E-state index is 0.181. The van der Waals surface area contributed by atoms with Crippen LogP contribution in [0.5, 0.6) is 5.75 Å². The minimum absolute atomic E-state index is 0.181. The van der Waals surface area contributed by atoms with E-state index in [1.165, 1.54) is 0 Å². The molecule has 1 aromatic rings. The van der Waals surface area contributed by atoms with Crippen LogP contribution in [0.25, 0.3) is 0 Å².